The summed E-state index contributed by atoms with van der Waals surface area (Å²) in [6.07, 6.45) is 3.81. The van der Waals surface area contributed by atoms with Crippen LogP contribution >= 0.6 is 0 Å². The molecule has 2 amide bonds. The molecule has 42 heavy (non-hydrogen) atoms. The second kappa shape index (κ2) is 12.0. The number of benzene rings is 2. The van der Waals surface area contributed by atoms with E-state index in [0.29, 0.717) is 60.1 Å². The van der Waals surface area contributed by atoms with E-state index in [-0.39, 0.29) is 5.92 Å². The molecule has 0 saturated carbocycles. The highest BCUT2D eigenvalue weighted by molar-refractivity contribution is 7.89. The zero-order valence-electron chi connectivity index (χ0n) is 23.3. The summed E-state index contributed by atoms with van der Waals surface area (Å²) in [6, 6.07) is 12.0. The maximum absolute atomic E-state index is 14.1. The molecule has 2 N–H and O–H groups in total. The van der Waals surface area contributed by atoms with E-state index in [4.69, 9.17) is 4.74 Å². The number of halogens is 2. The fourth-order valence-corrected chi connectivity index (χ4v) is 5.63. The van der Waals surface area contributed by atoms with Gasteiger partial charge in [-0.25, -0.2) is 26.7 Å². The van der Waals surface area contributed by atoms with Gasteiger partial charge in [0.15, 0.2) is 11.6 Å². The van der Waals surface area contributed by atoms with Crippen molar-refractivity contribution in [1.82, 2.24) is 29.2 Å². The summed E-state index contributed by atoms with van der Waals surface area (Å²) < 4.78 is 59.3. The second-order valence-electron chi connectivity index (χ2n) is 10.2. The topological polar surface area (TPSA) is 123 Å². The number of carbonyl (C=O) groups is 1. The molecule has 2 atom stereocenters. The molecule has 1 fully saturated rings. The maximum Gasteiger partial charge on any atom is 0.320 e. The molecule has 2 aromatic carbocycles. The Morgan fingerprint density at radius 1 is 1.12 bits per heavy atom. The van der Waals surface area contributed by atoms with E-state index in [0.717, 1.165) is 16.4 Å². The molecule has 0 aliphatic carbocycles. The number of nitrogens with one attached hydrogen (secondary N) is 2. The third-order valence-corrected chi connectivity index (χ3v) is 8.10. The predicted octanol–water partition coefficient (Wildman–Crippen LogP) is 3.37. The summed E-state index contributed by atoms with van der Waals surface area (Å²) >= 11 is 0. The lowest BCUT2D eigenvalue weighted by Gasteiger charge is -2.21. The Labute approximate surface area is 242 Å². The Morgan fingerprint density at radius 3 is 2.55 bits per heavy atom. The number of urea groups is 1. The Bertz CT molecular complexity index is 1690. The van der Waals surface area contributed by atoms with Crippen molar-refractivity contribution in [3.05, 3.63) is 83.7 Å². The number of hydrogen-bond acceptors (Lipinski definition) is 7. The Hall–Kier alpha value is -4.14. The van der Waals surface area contributed by atoms with Crippen LogP contribution in [0.4, 0.5) is 19.4 Å². The highest BCUT2D eigenvalue weighted by atomic mass is 32.2. The SMILES string of the molecule is COCCN1CC(NC(=O)Nc2c(C)c(-c3cnn(S(C)(=O)=O)c3)nn2-c2ccccc2)C(c2ccc(F)c(F)c2)C1. The van der Waals surface area contributed by atoms with Gasteiger partial charge in [-0.1, -0.05) is 24.3 Å². The molecule has 0 radical (unpaired) electrons. The quantitative estimate of drug-likeness (QED) is 0.303. The number of rotatable bonds is 9. The Balaban J connectivity index is 1.44. The maximum atomic E-state index is 14.1. The Kier molecular flexibility index (Phi) is 8.38. The van der Waals surface area contributed by atoms with Gasteiger partial charge >= 0.3 is 6.03 Å². The Morgan fingerprint density at radius 2 is 1.88 bits per heavy atom. The molecule has 5 rings (SSSR count). The number of para-hydroxylation sites is 1. The molecule has 4 aromatic rings. The van der Waals surface area contributed by atoms with Crippen LogP contribution in [-0.4, -0.2) is 84.0 Å². The predicted molar refractivity (Wildman–Crippen MR) is 153 cm³/mol. The van der Waals surface area contributed by atoms with Gasteiger partial charge in [-0.05, 0) is 36.8 Å². The molecule has 11 nitrogen and oxygen atoms in total. The first-order valence-electron chi connectivity index (χ1n) is 13.2. The van der Waals surface area contributed by atoms with Crippen molar-refractivity contribution in [2.24, 2.45) is 0 Å². The third kappa shape index (κ3) is 6.20. The minimum Gasteiger partial charge on any atom is -0.383 e. The first-order chi connectivity index (χ1) is 20.0. The standard InChI is InChI=1S/C28H31F2N7O4S/c1-18-26(20-14-31-36(15-20)42(3,39)40)34-37(21-7-5-4-6-8-21)27(18)33-28(38)32-25-17-35(11-12-41-2)16-22(25)19-9-10-23(29)24(30)13-19/h4-10,13-15,22,25H,11-12,16-17H2,1-3H3,(H2,32,33,38). The summed E-state index contributed by atoms with van der Waals surface area (Å²) in [5.74, 6) is -1.79. The fraction of sp³-hybridized carbons (Fsp3) is 0.321. The van der Waals surface area contributed by atoms with E-state index in [1.54, 1.807) is 18.7 Å². The van der Waals surface area contributed by atoms with Gasteiger partial charge in [-0.15, -0.1) is 0 Å². The molecule has 1 aliphatic rings. The third-order valence-electron chi connectivity index (χ3n) is 7.22. The monoisotopic (exact) mass is 599 g/mol. The van der Waals surface area contributed by atoms with Crippen LogP contribution in [0.3, 0.4) is 0 Å². The number of carbonyl (C=O) groups excluding carboxylic acids is 1. The van der Waals surface area contributed by atoms with Gasteiger partial charge in [-0.2, -0.15) is 14.3 Å². The number of aromatic nitrogens is 4. The molecule has 0 bridgehead atoms. The lowest BCUT2D eigenvalue weighted by Crippen LogP contribution is -2.42. The van der Waals surface area contributed by atoms with Gasteiger partial charge in [0.25, 0.3) is 10.0 Å². The molecule has 14 heteroatoms. The van der Waals surface area contributed by atoms with Gasteiger partial charge in [-0.3, -0.25) is 10.2 Å². The number of hydrogen-bond donors (Lipinski definition) is 2. The van der Waals surface area contributed by atoms with Gasteiger partial charge in [0.05, 0.1) is 37.0 Å². The smallest absolute Gasteiger partial charge is 0.320 e. The number of methoxy groups -OCH3 is 1. The van der Waals surface area contributed by atoms with Crippen LogP contribution in [0.25, 0.3) is 16.9 Å². The summed E-state index contributed by atoms with van der Waals surface area (Å²) in [6.45, 7) is 3.86. The van der Waals surface area contributed by atoms with Gasteiger partial charge < -0.3 is 10.1 Å². The minimum atomic E-state index is -3.60. The average molecular weight is 600 g/mol. The normalized spacial score (nSPS) is 17.5. The summed E-state index contributed by atoms with van der Waals surface area (Å²) in [5, 5.41) is 14.5. The number of anilines is 1. The zero-order chi connectivity index (χ0) is 30.0. The van der Waals surface area contributed by atoms with Crippen LogP contribution in [0.2, 0.25) is 0 Å². The number of ether oxygens (including phenoxy) is 1. The van der Waals surface area contributed by atoms with Crippen molar-refractivity contribution in [2.75, 3.05) is 44.9 Å². The lowest BCUT2D eigenvalue weighted by atomic mass is 9.94. The number of likely N-dealkylation sites (tertiary alicyclic amines) is 1. The van der Waals surface area contributed by atoms with Crippen molar-refractivity contribution < 1.29 is 26.7 Å². The molecule has 3 heterocycles. The molecule has 2 unspecified atom stereocenters. The first-order valence-corrected chi connectivity index (χ1v) is 15.0. The van der Waals surface area contributed by atoms with Crippen LogP contribution in [0.15, 0.2) is 60.9 Å². The van der Waals surface area contributed by atoms with Crippen molar-refractivity contribution >= 4 is 21.9 Å². The highest BCUT2D eigenvalue weighted by Crippen LogP contribution is 2.32. The van der Waals surface area contributed by atoms with E-state index in [9.17, 15) is 22.0 Å². The molecule has 2 aromatic heterocycles. The first kappa shape index (κ1) is 29.4. The molecule has 1 aliphatic heterocycles. The van der Waals surface area contributed by atoms with Crippen molar-refractivity contribution in [3.8, 4) is 16.9 Å². The number of amides is 2. The van der Waals surface area contributed by atoms with Crippen LogP contribution in [0.5, 0.6) is 0 Å². The van der Waals surface area contributed by atoms with Gasteiger partial charge in [0.1, 0.15) is 11.5 Å². The summed E-state index contributed by atoms with van der Waals surface area (Å²) in [7, 11) is -2.00. The van der Waals surface area contributed by atoms with E-state index >= 15 is 0 Å². The largest absolute Gasteiger partial charge is 0.383 e. The van der Waals surface area contributed by atoms with Gasteiger partial charge in [0, 0.05) is 43.8 Å². The number of nitrogens with zero attached hydrogens (tertiary/aromatic N) is 5. The van der Waals surface area contributed by atoms with E-state index in [1.807, 2.05) is 30.3 Å². The van der Waals surface area contributed by atoms with Crippen LogP contribution < -0.4 is 10.6 Å². The fourth-order valence-electron chi connectivity index (χ4n) is 5.11. The van der Waals surface area contributed by atoms with Crippen LogP contribution in [0, 0.1) is 18.6 Å². The molecular weight excluding hydrogens is 568 g/mol. The molecule has 1 saturated heterocycles. The van der Waals surface area contributed by atoms with Crippen molar-refractivity contribution in [3.63, 3.8) is 0 Å². The highest BCUT2D eigenvalue weighted by Gasteiger charge is 2.35. The lowest BCUT2D eigenvalue weighted by molar-refractivity contribution is 0.159. The zero-order valence-corrected chi connectivity index (χ0v) is 24.1. The molecule has 0 spiro atoms. The van der Waals surface area contributed by atoms with Crippen LogP contribution in [-0.2, 0) is 14.8 Å². The second-order valence-corrected chi connectivity index (χ2v) is 12.0. The van der Waals surface area contributed by atoms with Crippen molar-refractivity contribution in [2.45, 2.75) is 18.9 Å². The van der Waals surface area contributed by atoms with Crippen molar-refractivity contribution in [1.29, 1.82) is 0 Å². The van der Waals surface area contributed by atoms with Crippen LogP contribution in [0.1, 0.15) is 17.0 Å². The minimum absolute atomic E-state index is 0.291. The average Bonchev–Trinajstić information content (AvgIpc) is 3.68. The van der Waals surface area contributed by atoms with Gasteiger partial charge in [0.2, 0.25) is 0 Å². The molecule has 222 valence electrons. The summed E-state index contributed by atoms with van der Waals surface area (Å²) in [5.41, 5.74) is 2.74. The van der Waals surface area contributed by atoms with E-state index < -0.39 is 33.7 Å². The molecular formula is C28H31F2N7O4S. The van der Waals surface area contributed by atoms with E-state index in [2.05, 4.69) is 25.7 Å². The van der Waals surface area contributed by atoms with E-state index in [1.165, 1.54) is 24.5 Å². The summed E-state index contributed by atoms with van der Waals surface area (Å²) in [4.78, 5) is 15.6.